The molecular formula is C16H24BrNS. The van der Waals surface area contributed by atoms with Gasteiger partial charge in [0, 0.05) is 27.7 Å². The lowest BCUT2D eigenvalue weighted by atomic mass is 10.1. The molecule has 0 amide bonds. The van der Waals surface area contributed by atoms with Crippen molar-refractivity contribution in [3.8, 4) is 0 Å². The van der Waals surface area contributed by atoms with Crippen LogP contribution >= 0.6 is 27.7 Å². The molecule has 1 aliphatic carbocycles. The van der Waals surface area contributed by atoms with E-state index < -0.39 is 0 Å². The van der Waals surface area contributed by atoms with Crippen molar-refractivity contribution in [2.24, 2.45) is 5.92 Å². The number of rotatable bonds is 6. The first kappa shape index (κ1) is 15.4. The van der Waals surface area contributed by atoms with Crippen LogP contribution in [-0.2, 0) is 6.54 Å². The quantitative estimate of drug-likeness (QED) is 0.711. The summed E-state index contributed by atoms with van der Waals surface area (Å²) < 4.78 is 1.18. The number of benzene rings is 1. The van der Waals surface area contributed by atoms with E-state index in [2.05, 4.69) is 53.3 Å². The fourth-order valence-corrected chi connectivity index (χ4v) is 4.16. The van der Waals surface area contributed by atoms with Crippen LogP contribution in [0.25, 0.3) is 0 Å². The summed E-state index contributed by atoms with van der Waals surface area (Å²) in [6, 6.07) is 7.22. The van der Waals surface area contributed by atoms with Crippen molar-refractivity contribution < 1.29 is 0 Å². The van der Waals surface area contributed by atoms with Gasteiger partial charge in [0.1, 0.15) is 0 Å². The van der Waals surface area contributed by atoms with Gasteiger partial charge in [0.15, 0.2) is 0 Å². The van der Waals surface area contributed by atoms with Gasteiger partial charge in [-0.3, -0.25) is 0 Å². The molecule has 0 atom stereocenters. The third kappa shape index (κ3) is 5.13. The van der Waals surface area contributed by atoms with Crippen molar-refractivity contribution in [2.75, 3.05) is 5.75 Å². The predicted octanol–water partition coefficient (Wildman–Crippen LogP) is 5.23. The number of hydrogen-bond donors (Lipinski definition) is 1. The molecule has 0 saturated heterocycles. The highest BCUT2D eigenvalue weighted by Gasteiger charge is 2.16. The first-order valence-corrected chi connectivity index (χ1v) is 9.07. The van der Waals surface area contributed by atoms with Crippen molar-refractivity contribution in [1.82, 2.24) is 5.32 Å². The van der Waals surface area contributed by atoms with Gasteiger partial charge in [-0.2, -0.15) is 0 Å². The molecule has 0 unspecified atom stereocenters. The Hall–Kier alpha value is 0.01000. The predicted molar refractivity (Wildman–Crippen MR) is 88.8 cm³/mol. The van der Waals surface area contributed by atoms with Crippen LogP contribution in [0.4, 0.5) is 0 Å². The summed E-state index contributed by atoms with van der Waals surface area (Å²) in [7, 11) is 0. The maximum Gasteiger partial charge on any atom is 0.0219 e. The first-order valence-electron chi connectivity index (χ1n) is 7.30. The number of nitrogens with one attached hydrogen (secondary N) is 1. The standard InChI is InChI=1S/C16H24BrNS/c1-12(2)18-10-14-9-15(17)7-8-16(14)19-11-13-5-3-4-6-13/h7-9,12-13,18H,3-6,10-11H2,1-2H3. The number of halogens is 1. The van der Waals surface area contributed by atoms with E-state index in [0.717, 1.165) is 12.5 Å². The van der Waals surface area contributed by atoms with Gasteiger partial charge in [-0.1, -0.05) is 42.6 Å². The second kappa shape index (κ2) is 7.70. The second-order valence-electron chi connectivity index (χ2n) is 5.75. The van der Waals surface area contributed by atoms with Crippen LogP contribution in [0.15, 0.2) is 27.6 Å². The third-order valence-corrected chi connectivity index (χ3v) is 5.51. The van der Waals surface area contributed by atoms with Gasteiger partial charge >= 0.3 is 0 Å². The van der Waals surface area contributed by atoms with Crippen molar-refractivity contribution >= 4 is 27.7 Å². The lowest BCUT2D eigenvalue weighted by Crippen LogP contribution is -2.22. The minimum absolute atomic E-state index is 0.534. The zero-order chi connectivity index (χ0) is 13.7. The van der Waals surface area contributed by atoms with Gasteiger partial charge in [-0.25, -0.2) is 0 Å². The molecule has 1 aromatic carbocycles. The van der Waals surface area contributed by atoms with Gasteiger partial charge in [0.25, 0.3) is 0 Å². The molecule has 0 aromatic heterocycles. The molecule has 1 fully saturated rings. The maximum atomic E-state index is 3.58. The van der Waals surface area contributed by atoms with Crippen LogP contribution in [-0.4, -0.2) is 11.8 Å². The van der Waals surface area contributed by atoms with E-state index in [1.807, 2.05) is 11.8 Å². The fraction of sp³-hybridized carbons (Fsp3) is 0.625. The Morgan fingerprint density at radius 2 is 2.05 bits per heavy atom. The Labute approximate surface area is 130 Å². The Kier molecular flexibility index (Phi) is 6.24. The smallest absolute Gasteiger partial charge is 0.0219 e. The van der Waals surface area contributed by atoms with Crippen LogP contribution in [0.5, 0.6) is 0 Å². The molecule has 0 aliphatic heterocycles. The van der Waals surface area contributed by atoms with Gasteiger partial charge in [-0.15, -0.1) is 11.8 Å². The maximum absolute atomic E-state index is 3.58. The molecule has 3 heteroatoms. The van der Waals surface area contributed by atoms with E-state index in [0.29, 0.717) is 6.04 Å². The van der Waals surface area contributed by atoms with Crippen LogP contribution in [0.3, 0.4) is 0 Å². The molecule has 1 aliphatic rings. The molecule has 2 rings (SSSR count). The van der Waals surface area contributed by atoms with Gasteiger partial charge in [0.2, 0.25) is 0 Å². The van der Waals surface area contributed by atoms with Gasteiger partial charge < -0.3 is 5.32 Å². The van der Waals surface area contributed by atoms with Gasteiger partial charge in [-0.05, 0) is 42.5 Å². The van der Waals surface area contributed by atoms with Crippen molar-refractivity contribution in [2.45, 2.75) is 57.0 Å². The molecular weight excluding hydrogens is 318 g/mol. The average Bonchev–Trinajstić information content (AvgIpc) is 2.88. The monoisotopic (exact) mass is 341 g/mol. The summed E-state index contributed by atoms with van der Waals surface area (Å²) in [6.45, 7) is 5.36. The average molecular weight is 342 g/mol. The summed E-state index contributed by atoms with van der Waals surface area (Å²) in [4.78, 5) is 1.45. The fourth-order valence-electron chi connectivity index (χ4n) is 2.53. The van der Waals surface area contributed by atoms with Crippen LogP contribution in [0.2, 0.25) is 0 Å². The summed E-state index contributed by atoms with van der Waals surface area (Å²) in [5.41, 5.74) is 1.42. The number of hydrogen-bond acceptors (Lipinski definition) is 2. The van der Waals surface area contributed by atoms with E-state index in [1.165, 1.54) is 46.4 Å². The Morgan fingerprint density at radius 3 is 2.74 bits per heavy atom. The van der Waals surface area contributed by atoms with E-state index in [4.69, 9.17) is 0 Å². The van der Waals surface area contributed by atoms with Crippen molar-refractivity contribution in [1.29, 1.82) is 0 Å². The Balaban J connectivity index is 1.96. The highest BCUT2D eigenvalue weighted by atomic mass is 79.9. The lowest BCUT2D eigenvalue weighted by molar-refractivity contribution is 0.584. The zero-order valence-corrected chi connectivity index (χ0v) is 14.3. The van der Waals surface area contributed by atoms with E-state index in [1.54, 1.807) is 0 Å². The van der Waals surface area contributed by atoms with Crippen LogP contribution < -0.4 is 5.32 Å². The van der Waals surface area contributed by atoms with E-state index in [-0.39, 0.29) is 0 Å². The highest BCUT2D eigenvalue weighted by molar-refractivity contribution is 9.10. The summed E-state index contributed by atoms with van der Waals surface area (Å²) >= 11 is 5.63. The molecule has 0 heterocycles. The first-order chi connectivity index (χ1) is 9.15. The molecule has 1 saturated carbocycles. The van der Waals surface area contributed by atoms with Crippen molar-refractivity contribution in [3.63, 3.8) is 0 Å². The molecule has 106 valence electrons. The molecule has 1 N–H and O–H groups in total. The Bertz CT molecular complexity index is 400. The highest BCUT2D eigenvalue weighted by Crippen LogP contribution is 2.33. The second-order valence-corrected chi connectivity index (χ2v) is 7.73. The normalized spacial score (nSPS) is 16.4. The summed E-state index contributed by atoms with van der Waals surface area (Å²) in [6.07, 6.45) is 5.74. The van der Waals surface area contributed by atoms with Crippen molar-refractivity contribution in [3.05, 3.63) is 28.2 Å². The van der Waals surface area contributed by atoms with Crippen LogP contribution in [0.1, 0.15) is 45.1 Å². The third-order valence-electron chi connectivity index (χ3n) is 3.67. The zero-order valence-electron chi connectivity index (χ0n) is 11.9. The SMILES string of the molecule is CC(C)NCc1cc(Br)ccc1SCC1CCCC1. The molecule has 0 radical (unpaired) electrons. The summed E-state index contributed by atoms with van der Waals surface area (Å²) in [5.74, 6) is 2.23. The molecule has 19 heavy (non-hydrogen) atoms. The minimum Gasteiger partial charge on any atom is -0.310 e. The largest absolute Gasteiger partial charge is 0.310 e. The minimum atomic E-state index is 0.534. The lowest BCUT2D eigenvalue weighted by Gasteiger charge is -2.14. The summed E-state index contributed by atoms with van der Waals surface area (Å²) in [5, 5.41) is 3.52. The molecule has 0 bridgehead atoms. The van der Waals surface area contributed by atoms with Gasteiger partial charge in [0.05, 0.1) is 0 Å². The van der Waals surface area contributed by atoms with Crippen LogP contribution in [0, 0.1) is 5.92 Å². The molecule has 1 aromatic rings. The molecule has 0 spiro atoms. The number of thioether (sulfide) groups is 1. The van der Waals surface area contributed by atoms with E-state index in [9.17, 15) is 0 Å². The van der Waals surface area contributed by atoms with E-state index >= 15 is 0 Å². The molecule has 1 nitrogen and oxygen atoms in total. The Morgan fingerprint density at radius 1 is 1.32 bits per heavy atom. The topological polar surface area (TPSA) is 12.0 Å².